The summed E-state index contributed by atoms with van der Waals surface area (Å²) in [5, 5.41) is 0. The van der Waals surface area contributed by atoms with Crippen molar-refractivity contribution in [2.45, 2.75) is 19.8 Å². The molecule has 0 aliphatic carbocycles. The van der Waals surface area contributed by atoms with Crippen LogP contribution in [-0.2, 0) is 0 Å². The van der Waals surface area contributed by atoms with Crippen LogP contribution in [0, 0.1) is 0 Å². The highest BCUT2D eigenvalue weighted by atomic mass is 32.2. The van der Waals surface area contributed by atoms with Crippen LogP contribution in [0.4, 0.5) is 0 Å². The van der Waals surface area contributed by atoms with E-state index < -0.39 is 0 Å². The molecule has 0 aromatic carbocycles. The van der Waals surface area contributed by atoms with E-state index in [9.17, 15) is 0 Å². The van der Waals surface area contributed by atoms with Gasteiger partial charge in [-0.25, -0.2) is 0 Å². The molecule has 0 N–H and O–H groups in total. The number of rotatable bonds is 0. The zero-order chi connectivity index (χ0) is 6.53. The second kappa shape index (κ2) is 4.29. The van der Waals surface area contributed by atoms with E-state index in [0.29, 0.717) is 0 Å². The highest BCUT2D eigenvalue weighted by Gasteiger charge is 2.02. The van der Waals surface area contributed by atoms with Gasteiger partial charge in [-0.3, -0.25) is 0 Å². The van der Waals surface area contributed by atoms with Crippen LogP contribution in [0.25, 0.3) is 0 Å². The van der Waals surface area contributed by atoms with Gasteiger partial charge in [0.25, 0.3) is 0 Å². The zero-order valence-corrected chi connectivity index (χ0v) is 7.36. The summed E-state index contributed by atoms with van der Waals surface area (Å²) in [6.45, 7) is 2.13. The van der Waals surface area contributed by atoms with Crippen LogP contribution in [0.5, 0.6) is 0 Å². The fourth-order valence-electron chi connectivity index (χ4n) is 0.758. The molecule has 0 radical (unpaired) electrons. The Morgan fingerprint density at radius 3 is 2.22 bits per heavy atom. The largest absolute Gasteiger partial charge is 0.120 e. The molecule has 52 valence electrons. The summed E-state index contributed by atoms with van der Waals surface area (Å²) in [4.78, 5) is 0. The van der Waals surface area contributed by atoms with Gasteiger partial charge in [-0.1, -0.05) is 6.08 Å². The normalized spacial score (nSPS) is 21.2. The SMILES string of the molecule is CC=C1SCCCCS1. The molecule has 0 saturated carbocycles. The summed E-state index contributed by atoms with van der Waals surface area (Å²) >= 11 is 4.02. The van der Waals surface area contributed by atoms with Crippen LogP contribution in [0.2, 0.25) is 0 Å². The van der Waals surface area contributed by atoms with Crippen molar-refractivity contribution < 1.29 is 0 Å². The molecule has 1 fully saturated rings. The first kappa shape index (κ1) is 7.55. The Hall–Kier alpha value is 0.440. The lowest BCUT2D eigenvalue weighted by Crippen LogP contribution is -1.74. The third kappa shape index (κ3) is 2.67. The topological polar surface area (TPSA) is 0 Å². The standard InChI is InChI=1S/C7H12S2/c1-2-7-8-5-3-4-6-9-7/h2H,3-6H2,1H3. The lowest BCUT2D eigenvalue weighted by Gasteiger charge is -1.96. The van der Waals surface area contributed by atoms with E-state index in [0.717, 1.165) is 0 Å². The van der Waals surface area contributed by atoms with Crippen molar-refractivity contribution in [3.63, 3.8) is 0 Å². The first-order chi connectivity index (χ1) is 4.43. The summed E-state index contributed by atoms with van der Waals surface area (Å²) in [6, 6.07) is 0. The van der Waals surface area contributed by atoms with Gasteiger partial charge in [0.15, 0.2) is 0 Å². The molecule has 0 amide bonds. The maximum Gasteiger partial charge on any atom is 0.0357 e. The molecule has 0 aromatic heterocycles. The van der Waals surface area contributed by atoms with Gasteiger partial charge in [0, 0.05) is 4.24 Å². The number of allylic oxidation sites excluding steroid dienone is 1. The highest BCUT2D eigenvalue weighted by molar-refractivity contribution is 8.22. The van der Waals surface area contributed by atoms with Crippen molar-refractivity contribution in [1.29, 1.82) is 0 Å². The van der Waals surface area contributed by atoms with E-state index in [2.05, 4.69) is 13.0 Å². The van der Waals surface area contributed by atoms with Crippen LogP contribution in [0.1, 0.15) is 19.8 Å². The van der Waals surface area contributed by atoms with Crippen molar-refractivity contribution in [1.82, 2.24) is 0 Å². The van der Waals surface area contributed by atoms with E-state index >= 15 is 0 Å². The summed E-state index contributed by atoms with van der Waals surface area (Å²) < 4.78 is 1.52. The lowest BCUT2D eigenvalue weighted by atomic mass is 10.4. The van der Waals surface area contributed by atoms with Crippen molar-refractivity contribution >= 4 is 23.5 Å². The molecule has 1 aliphatic rings. The minimum absolute atomic E-state index is 1.33. The summed E-state index contributed by atoms with van der Waals surface area (Å²) in [5.74, 6) is 2.65. The van der Waals surface area contributed by atoms with Crippen LogP contribution in [-0.4, -0.2) is 11.5 Å². The Labute approximate surface area is 65.5 Å². The third-order valence-corrected chi connectivity index (χ3v) is 4.00. The van der Waals surface area contributed by atoms with Crippen molar-refractivity contribution in [3.8, 4) is 0 Å². The van der Waals surface area contributed by atoms with E-state index in [1.807, 2.05) is 23.5 Å². The van der Waals surface area contributed by atoms with Gasteiger partial charge in [-0.15, -0.1) is 23.5 Å². The van der Waals surface area contributed by atoms with E-state index in [1.54, 1.807) is 0 Å². The summed E-state index contributed by atoms with van der Waals surface area (Å²) in [5.41, 5.74) is 0. The predicted octanol–water partition coefficient (Wildman–Crippen LogP) is 3.11. The molecule has 9 heavy (non-hydrogen) atoms. The summed E-state index contributed by atoms with van der Waals surface area (Å²) in [7, 11) is 0. The number of hydrogen-bond acceptors (Lipinski definition) is 2. The molecule has 0 atom stereocenters. The van der Waals surface area contributed by atoms with Gasteiger partial charge < -0.3 is 0 Å². The van der Waals surface area contributed by atoms with Crippen molar-refractivity contribution in [2.24, 2.45) is 0 Å². The van der Waals surface area contributed by atoms with Gasteiger partial charge in [-0.05, 0) is 31.3 Å². The molecule has 1 heterocycles. The maximum absolute atomic E-state index is 2.22. The maximum atomic E-state index is 2.22. The average molecular weight is 160 g/mol. The molecule has 0 nitrogen and oxygen atoms in total. The molecule has 1 saturated heterocycles. The molecular formula is C7H12S2. The predicted molar refractivity (Wildman–Crippen MR) is 47.9 cm³/mol. The zero-order valence-electron chi connectivity index (χ0n) is 5.72. The first-order valence-electron chi connectivity index (χ1n) is 3.35. The molecule has 2 heteroatoms. The quantitative estimate of drug-likeness (QED) is 0.534. The minimum atomic E-state index is 1.33. The lowest BCUT2D eigenvalue weighted by molar-refractivity contribution is 0.912. The highest BCUT2D eigenvalue weighted by Crippen LogP contribution is 2.32. The van der Waals surface area contributed by atoms with Gasteiger partial charge in [-0.2, -0.15) is 0 Å². The molecule has 1 aliphatic heterocycles. The van der Waals surface area contributed by atoms with E-state index in [-0.39, 0.29) is 0 Å². The molecule has 0 aromatic rings. The minimum Gasteiger partial charge on any atom is -0.120 e. The van der Waals surface area contributed by atoms with Crippen LogP contribution in [0.3, 0.4) is 0 Å². The Morgan fingerprint density at radius 1 is 1.22 bits per heavy atom. The van der Waals surface area contributed by atoms with E-state index in [4.69, 9.17) is 0 Å². The van der Waals surface area contributed by atoms with Gasteiger partial charge in [0.1, 0.15) is 0 Å². The van der Waals surface area contributed by atoms with Crippen molar-refractivity contribution in [3.05, 3.63) is 10.3 Å². The summed E-state index contributed by atoms with van der Waals surface area (Å²) in [6.07, 6.45) is 5.02. The van der Waals surface area contributed by atoms with Gasteiger partial charge >= 0.3 is 0 Å². The van der Waals surface area contributed by atoms with Gasteiger partial charge in [0.2, 0.25) is 0 Å². The Bertz CT molecular complexity index is 97.5. The van der Waals surface area contributed by atoms with Crippen LogP contribution in [0.15, 0.2) is 10.3 Å². The van der Waals surface area contributed by atoms with Crippen LogP contribution >= 0.6 is 23.5 Å². The molecule has 0 bridgehead atoms. The smallest absolute Gasteiger partial charge is 0.0357 e. The first-order valence-corrected chi connectivity index (χ1v) is 5.32. The molecule has 1 rings (SSSR count). The second-order valence-corrected chi connectivity index (χ2v) is 4.54. The third-order valence-electron chi connectivity index (χ3n) is 1.26. The Kier molecular flexibility index (Phi) is 3.59. The Balaban J connectivity index is 2.36. The fraction of sp³-hybridized carbons (Fsp3) is 0.714. The van der Waals surface area contributed by atoms with E-state index in [1.165, 1.54) is 28.6 Å². The van der Waals surface area contributed by atoms with Crippen molar-refractivity contribution in [2.75, 3.05) is 11.5 Å². The average Bonchev–Trinajstić information content (AvgIpc) is 2.13. The fourth-order valence-corrected chi connectivity index (χ4v) is 3.02. The Morgan fingerprint density at radius 2 is 1.78 bits per heavy atom. The second-order valence-electron chi connectivity index (χ2n) is 2.01. The van der Waals surface area contributed by atoms with Crippen LogP contribution < -0.4 is 0 Å². The monoisotopic (exact) mass is 160 g/mol. The van der Waals surface area contributed by atoms with Gasteiger partial charge in [0.05, 0.1) is 0 Å². The number of thioether (sulfide) groups is 2. The number of hydrogen-bond donors (Lipinski definition) is 0. The molecule has 0 unspecified atom stereocenters. The molecular weight excluding hydrogens is 148 g/mol. The molecule has 0 spiro atoms.